The van der Waals surface area contributed by atoms with Gasteiger partial charge in [0.2, 0.25) is 0 Å². The summed E-state index contributed by atoms with van der Waals surface area (Å²) in [5.74, 6) is 0.928. The largest absolute Gasteiger partial charge is 0.464 e. The van der Waals surface area contributed by atoms with Gasteiger partial charge in [-0.1, -0.05) is 121 Å². The van der Waals surface area contributed by atoms with Crippen LogP contribution >= 0.6 is 11.3 Å². The van der Waals surface area contributed by atoms with E-state index in [9.17, 15) is 0 Å². The van der Waals surface area contributed by atoms with Crippen LogP contribution in [0.2, 0.25) is 0 Å². The minimum atomic E-state index is -0.324. The molecule has 53 heavy (non-hydrogen) atoms. The van der Waals surface area contributed by atoms with E-state index in [1.54, 1.807) is 0 Å². The van der Waals surface area contributed by atoms with Crippen molar-refractivity contribution in [1.29, 1.82) is 0 Å². The van der Waals surface area contributed by atoms with Crippen molar-refractivity contribution in [3.63, 3.8) is 0 Å². The molecular weight excluding hydrogens is 665 g/mol. The van der Waals surface area contributed by atoms with Gasteiger partial charge in [0.25, 0.3) is 0 Å². The van der Waals surface area contributed by atoms with Gasteiger partial charge >= 0.3 is 0 Å². The number of nitrogens with zero attached hydrogens (tertiary/aromatic N) is 1. The Labute approximate surface area is 308 Å². The number of ether oxygens (including phenoxy) is 1. The van der Waals surface area contributed by atoms with Crippen LogP contribution in [0.5, 0.6) is 5.75 Å². The summed E-state index contributed by atoms with van der Waals surface area (Å²) in [4.78, 5) is 0. The Balaban J connectivity index is 0.993. The Morgan fingerprint density at radius 3 is 2.08 bits per heavy atom. The van der Waals surface area contributed by atoms with Crippen molar-refractivity contribution in [2.24, 2.45) is 0 Å². The van der Waals surface area contributed by atoms with Crippen LogP contribution < -0.4 is 10.1 Å². The molecule has 3 heterocycles. The monoisotopic (exact) mass is 694 g/mol. The van der Waals surface area contributed by atoms with Gasteiger partial charge in [0.15, 0.2) is 12.0 Å². The summed E-state index contributed by atoms with van der Waals surface area (Å²) in [5, 5.41) is 16.1. The Hall–Kier alpha value is -6.62. The van der Waals surface area contributed by atoms with E-state index in [0.29, 0.717) is 0 Å². The topological polar surface area (TPSA) is 26.2 Å². The summed E-state index contributed by atoms with van der Waals surface area (Å²) < 4.78 is 11.9. The van der Waals surface area contributed by atoms with Crippen molar-refractivity contribution in [1.82, 2.24) is 4.57 Å². The van der Waals surface area contributed by atoms with E-state index in [2.05, 4.69) is 180 Å². The highest BCUT2D eigenvalue weighted by Crippen LogP contribution is 2.50. The third kappa shape index (κ3) is 4.21. The molecule has 1 aliphatic heterocycles. The van der Waals surface area contributed by atoms with Gasteiger partial charge in [0.1, 0.15) is 0 Å². The smallest absolute Gasteiger partial charge is 0.197 e. The predicted molar refractivity (Wildman–Crippen MR) is 225 cm³/mol. The maximum absolute atomic E-state index is 6.99. The first kappa shape index (κ1) is 29.0. The third-order valence-electron chi connectivity index (χ3n) is 11.2. The lowest BCUT2D eigenvalue weighted by Gasteiger charge is -2.18. The molecule has 9 aromatic carbocycles. The molecule has 11 aromatic rings. The first-order valence-corrected chi connectivity index (χ1v) is 18.9. The van der Waals surface area contributed by atoms with Crippen molar-refractivity contribution in [3.8, 4) is 22.6 Å². The second kappa shape index (κ2) is 10.9. The van der Waals surface area contributed by atoms with E-state index in [0.717, 1.165) is 22.7 Å². The predicted octanol–water partition coefficient (Wildman–Crippen LogP) is 13.8. The molecule has 0 fully saturated rings. The zero-order valence-electron chi connectivity index (χ0n) is 28.5. The standard InChI is InChI=1S/C49H30N2OS/c1-2-11-31-27-32(18-17-29(31)9-1)33-20-25-44-39(28-33)47-45(53-44)26-22-40-48(47)52-49(50-40)37-21-24-42(36-14-6-5-13-35(36)37)51-41-16-8-7-15-38(41)46-34-12-4-3-10-30(34)19-23-43(46)51/h1-28,49-50H. The molecule has 4 heteroatoms. The normalized spacial score (nSPS) is 14.2. The van der Waals surface area contributed by atoms with Crippen LogP contribution in [0.4, 0.5) is 5.69 Å². The van der Waals surface area contributed by atoms with Gasteiger partial charge in [0.05, 0.1) is 22.4 Å². The third-order valence-corrected chi connectivity index (χ3v) is 12.3. The number of aromatic nitrogens is 1. The fraction of sp³-hybridized carbons (Fsp3) is 0.0204. The summed E-state index contributed by atoms with van der Waals surface area (Å²) in [5.41, 5.74) is 8.15. The van der Waals surface area contributed by atoms with Gasteiger partial charge in [-0.05, 0) is 86.6 Å². The Bertz CT molecular complexity index is 3320. The van der Waals surface area contributed by atoms with Crippen molar-refractivity contribution in [2.45, 2.75) is 6.23 Å². The SMILES string of the molecule is c1ccc2cc(-c3ccc4sc5ccc6c(c5c4c3)OC(c3ccc(-n4c5ccccc5c5c7ccccc7ccc54)c4ccccc34)N6)ccc2c1. The van der Waals surface area contributed by atoms with Gasteiger partial charge in [-0.25, -0.2) is 0 Å². The number of hydrogen-bond acceptors (Lipinski definition) is 3. The molecule has 0 radical (unpaired) electrons. The van der Waals surface area contributed by atoms with Crippen LogP contribution in [-0.2, 0) is 0 Å². The van der Waals surface area contributed by atoms with Crippen LogP contribution in [-0.4, -0.2) is 4.57 Å². The fourth-order valence-corrected chi connectivity index (χ4v) is 9.87. The summed E-state index contributed by atoms with van der Waals surface area (Å²) >= 11 is 1.83. The molecule has 0 saturated heterocycles. The number of fused-ring (bicyclic) bond motifs is 12. The molecule has 3 nitrogen and oxygen atoms in total. The molecule has 0 aliphatic carbocycles. The number of para-hydroxylation sites is 1. The van der Waals surface area contributed by atoms with E-state index < -0.39 is 0 Å². The average Bonchev–Trinajstić information content (AvgIpc) is 3.92. The highest BCUT2D eigenvalue weighted by atomic mass is 32.1. The molecule has 2 aromatic heterocycles. The number of thiophene rings is 1. The number of rotatable bonds is 3. The zero-order chi connectivity index (χ0) is 34.6. The van der Waals surface area contributed by atoms with Crippen molar-refractivity contribution >= 4 is 91.3 Å². The molecule has 0 bridgehead atoms. The first-order valence-electron chi connectivity index (χ1n) is 18.1. The van der Waals surface area contributed by atoms with Gasteiger partial charge in [-0.3, -0.25) is 0 Å². The second-order valence-electron chi connectivity index (χ2n) is 14.1. The van der Waals surface area contributed by atoms with Crippen LogP contribution in [0.3, 0.4) is 0 Å². The number of hydrogen-bond donors (Lipinski definition) is 1. The van der Waals surface area contributed by atoms with Gasteiger partial charge in [-0.2, -0.15) is 0 Å². The molecule has 0 spiro atoms. The summed E-state index contributed by atoms with van der Waals surface area (Å²) in [6.07, 6.45) is -0.324. The van der Waals surface area contributed by atoms with Crippen LogP contribution in [0.15, 0.2) is 170 Å². The number of anilines is 1. The minimum absolute atomic E-state index is 0.324. The molecule has 1 N–H and O–H groups in total. The molecule has 0 amide bonds. The number of benzene rings is 9. The maximum atomic E-state index is 6.99. The lowest BCUT2D eigenvalue weighted by Crippen LogP contribution is -2.11. The Kier molecular flexibility index (Phi) is 5.99. The Morgan fingerprint density at radius 2 is 1.17 bits per heavy atom. The Morgan fingerprint density at radius 1 is 0.472 bits per heavy atom. The van der Waals surface area contributed by atoms with E-state index in [-0.39, 0.29) is 6.23 Å². The van der Waals surface area contributed by atoms with Gasteiger partial charge < -0.3 is 14.6 Å². The molecule has 1 unspecified atom stereocenters. The molecular formula is C49H30N2OS. The summed E-state index contributed by atoms with van der Waals surface area (Å²) in [7, 11) is 0. The quantitative estimate of drug-likeness (QED) is 0.199. The average molecular weight is 695 g/mol. The molecule has 12 rings (SSSR count). The zero-order valence-corrected chi connectivity index (χ0v) is 29.3. The van der Waals surface area contributed by atoms with E-state index >= 15 is 0 Å². The number of nitrogens with one attached hydrogen (secondary N) is 1. The van der Waals surface area contributed by atoms with Crippen molar-refractivity contribution < 1.29 is 4.74 Å². The van der Waals surface area contributed by atoms with Gasteiger partial charge in [0, 0.05) is 41.9 Å². The highest BCUT2D eigenvalue weighted by Gasteiger charge is 2.29. The lowest BCUT2D eigenvalue weighted by atomic mass is 9.99. The summed E-state index contributed by atoms with van der Waals surface area (Å²) in [6.45, 7) is 0. The van der Waals surface area contributed by atoms with E-state index in [1.807, 2.05) is 11.3 Å². The van der Waals surface area contributed by atoms with Crippen LogP contribution in [0.1, 0.15) is 11.8 Å². The minimum Gasteiger partial charge on any atom is -0.464 e. The molecule has 0 saturated carbocycles. The lowest BCUT2D eigenvalue weighted by molar-refractivity contribution is 0.264. The first-order chi connectivity index (χ1) is 26.3. The molecule has 1 aliphatic rings. The highest BCUT2D eigenvalue weighted by molar-refractivity contribution is 7.25. The maximum Gasteiger partial charge on any atom is 0.197 e. The second-order valence-corrected chi connectivity index (χ2v) is 15.2. The summed E-state index contributed by atoms with van der Waals surface area (Å²) in [6, 6.07) is 61.9. The van der Waals surface area contributed by atoms with Crippen molar-refractivity contribution in [3.05, 3.63) is 175 Å². The van der Waals surface area contributed by atoms with Crippen molar-refractivity contribution in [2.75, 3.05) is 5.32 Å². The van der Waals surface area contributed by atoms with Crippen LogP contribution in [0, 0.1) is 0 Å². The van der Waals surface area contributed by atoms with E-state index in [1.165, 1.54) is 85.4 Å². The fourth-order valence-electron chi connectivity index (χ4n) is 8.78. The van der Waals surface area contributed by atoms with Crippen LogP contribution in [0.25, 0.3) is 91.1 Å². The van der Waals surface area contributed by atoms with Gasteiger partial charge in [-0.15, -0.1) is 11.3 Å². The molecule has 1 atom stereocenters. The molecule has 248 valence electrons. The van der Waals surface area contributed by atoms with E-state index in [4.69, 9.17) is 4.74 Å².